The maximum Gasteiger partial charge on any atom is 0.333 e. The summed E-state index contributed by atoms with van der Waals surface area (Å²) in [6.07, 6.45) is 3.12. The van der Waals surface area contributed by atoms with Crippen LogP contribution in [0.5, 0.6) is 0 Å². The van der Waals surface area contributed by atoms with Crippen LogP contribution in [-0.2, 0) is 9.53 Å². The molecule has 4 atom stereocenters. The summed E-state index contributed by atoms with van der Waals surface area (Å²) < 4.78 is 5.38. The Hall–Kier alpha value is -0.830. The van der Waals surface area contributed by atoms with Crippen LogP contribution in [0.3, 0.4) is 0 Å². The monoisotopic (exact) mass is 210 g/mol. The van der Waals surface area contributed by atoms with E-state index in [-0.39, 0.29) is 18.7 Å². The van der Waals surface area contributed by atoms with Crippen LogP contribution in [0, 0.1) is 17.8 Å². The van der Waals surface area contributed by atoms with Crippen molar-refractivity contribution in [2.75, 3.05) is 6.61 Å². The number of aliphatic hydroxyl groups is 1. The molecule has 0 aromatic heterocycles. The third kappa shape index (κ3) is 1.93. The molecule has 3 heteroatoms. The summed E-state index contributed by atoms with van der Waals surface area (Å²) in [5.74, 6) is 1.20. The maximum atomic E-state index is 11.4. The summed E-state index contributed by atoms with van der Waals surface area (Å²) in [5, 5.41) is 9.12. The third-order valence-electron chi connectivity index (χ3n) is 3.78. The number of esters is 1. The Kier molecular flexibility index (Phi) is 2.83. The van der Waals surface area contributed by atoms with E-state index in [4.69, 9.17) is 9.84 Å². The Bertz CT molecular complexity index is 285. The van der Waals surface area contributed by atoms with E-state index in [1.165, 1.54) is 0 Å². The smallest absolute Gasteiger partial charge is 0.333 e. The van der Waals surface area contributed by atoms with Gasteiger partial charge in [-0.05, 0) is 43.9 Å². The van der Waals surface area contributed by atoms with E-state index in [0.29, 0.717) is 23.3 Å². The van der Waals surface area contributed by atoms with Crippen molar-refractivity contribution in [2.24, 2.45) is 17.8 Å². The van der Waals surface area contributed by atoms with Gasteiger partial charge in [0.05, 0.1) is 0 Å². The van der Waals surface area contributed by atoms with Crippen LogP contribution < -0.4 is 0 Å². The van der Waals surface area contributed by atoms with Crippen LogP contribution in [0.15, 0.2) is 12.2 Å². The van der Waals surface area contributed by atoms with E-state index in [0.717, 1.165) is 19.3 Å². The first-order chi connectivity index (χ1) is 7.11. The quantitative estimate of drug-likeness (QED) is 0.567. The highest BCUT2D eigenvalue weighted by molar-refractivity contribution is 5.87. The number of fused-ring (bicyclic) bond motifs is 2. The van der Waals surface area contributed by atoms with Gasteiger partial charge in [-0.25, -0.2) is 4.79 Å². The van der Waals surface area contributed by atoms with Gasteiger partial charge in [0.25, 0.3) is 0 Å². The second-order valence-electron chi connectivity index (χ2n) is 4.89. The molecule has 2 aliphatic rings. The lowest BCUT2D eigenvalue weighted by molar-refractivity contribution is -0.147. The molecule has 0 amide bonds. The summed E-state index contributed by atoms with van der Waals surface area (Å²) in [7, 11) is 0. The zero-order valence-electron chi connectivity index (χ0n) is 9.11. The SMILES string of the molecule is C=C(C)C(=O)OC1C[C@H]2CC1CC2CO. The van der Waals surface area contributed by atoms with Crippen molar-refractivity contribution in [2.45, 2.75) is 32.3 Å². The maximum absolute atomic E-state index is 11.4. The van der Waals surface area contributed by atoms with Crippen molar-refractivity contribution in [1.82, 2.24) is 0 Å². The van der Waals surface area contributed by atoms with Crippen molar-refractivity contribution in [3.8, 4) is 0 Å². The van der Waals surface area contributed by atoms with E-state index >= 15 is 0 Å². The van der Waals surface area contributed by atoms with E-state index in [1.54, 1.807) is 6.92 Å². The first kappa shape index (κ1) is 10.7. The van der Waals surface area contributed by atoms with Crippen LogP contribution in [0.2, 0.25) is 0 Å². The van der Waals surface area contributed by atoms with E-state index in [9.17, 15) is 4.79 Å². The minimum absolute atomic E-state index is 0.0713. The molecule has 0 aromatic rings. The molecule has 0 aromatic carbocycles. The molecule has 1 N–H and O–H groups in total. The zero-order valence-corrected chi connectivity index (χ0v) is 9.11. The summed E-state index contributed by atoms with van der Waals surface area (Å²) in [6.45, 7) is 5.53. The minimum Gasteiger partial charge on any atom is -0.459 e. The number of hydrogen-bond acceptors (Lipinski definition) is 3. The highest BCUT2D eigenvalue weighted by Crippen LogP contribution is 2.49. The second-order valence-corrected chi connectivity index (χ2v) is 4.89. The fourth-order valence-electron chi connectivity index (χ4n) is 2.95. The first-order valence-corrected chi connectivity index (χ1v) is 5.59. The van der Waals surface area contributed by atoms with Crippen molar-refractivity contribution in [3.63, 3.8) is 0 Å². The largest absolute Gasteiger partial charge is 0.459 e. The fraction of sp³-hybridized carbons (Fsp3) is 0.750. The van der Waals surface area contributed by atoms with Gasteiger partial charge in [-0.2, -0.15) is 0 Å². The summed E-state index contributed by atoms with van der Waals surface area (Å²) in [6, 6.07) is 0. The molecule has 15 heavy (non-hydrogen) atoms. The highest BCUT2D eigenvalue weighted by Gasteiger charge is 2.47. The van der Waals surface area contributed by atoms with Gasteiger partial charge in [-0.1, -0.05) is 6.58 Å². The molecular weight excluding hydrogens is 192 g/mol. The van der Waals surface area contributed by atoms with E-state index in [2.05, 4.69) is 6.58 Å². The molecule has 84 valence electrons. The van der Waals surface area contributed by atoms with Gasteiger partial charge in [0.1, 0.15) is 6.10 Å². The van der Waals surface area contributed by atoms with Gasteiger partial charge in [0, 0.05) is 12.2 Å². The van der Waals surface area contributed by atoms with Crippen LogP contribution >= 0.6 is 0 Å². The van der Waals surface area contributed by atoms with Gasteiger partial charge in [0.15, 0.2) is 0 Å². The van der Waals surface area contributed by atoms with Crippen molar-refractivity contribution in [1.29, 1.82) is 0 Å². The molecule has 2 aliphatic carbocycles. The molecule has 0 saturated heterocycles. The summed E-state index contributed by atoms with van der Waals surface area (Å²) >= 11 is 0. The molecule has 0 aliphatic heterocycles. The van der Waals surface area contributed by atoms with Crippen LogP contribution in [0.25, 0.3) is 0 Å². The lowest BCUT2D eigenvalue weighted by Gasteiger charge is -2.26. The molecule has 2 saturated carbocycles. The highest BCUT2D eigenvalue weighted by atomic mass is 16.5. The predicted octanol–water partition coefficient (Wildman–Crippen LogP) is 1.51. The summed E-state index contributed by atoms with van der Waals surface area (Å²) in [5.41, 5.74) is 0.469. The second kappa shape index (κ2) is 3.97. The van der Waals surface area contributed by atoms with Crippen LogP contribution in [0.1, 0.15) is 26.2 Å². The van der Waals surface area contributed by atoms with Gasteiger partial charge < -0.3 is 9.84 Å². The fourth-order valence-corrected chi connectivity index (χ4v) is 2.95. The van der Waals surface area contributed by atoms with Crippen LogP contribution in [-0.4, -0.2) is 23.8 Å². The molecule has 0 radical (unpaired) electrons. The lowest BCUT2D eigenvalue weighted by atomic mass is 9.88. The molecule has 3 nitrogen and oxygen atoms in total. The first-order valence-electron chi connectivity index (χ1n) is 5.59. The van der Waals surface area contributed by atoms with Crippen molar-refractivity contribution in [3.05, 3.63) is 12.2 Å². The summed E-state index contributed by atoms with van der Waals surface area (Å²) in [4.78, 5) is 11.4. The predicted molar refractivity (Wildman–Crippen MR) is 56.1 cm³/mol. The minimum atomic E-state index is -0.270. The molecule has 0 heterocycles. The Balaban J connectivity index is 1.89. The Morgan fingerprint density at radius 1 is 1.40 bits per heavy atom. The van der Waals surface area contributed by atoms with Crippen molar-refractivity contribution >= 4 is 5.97 Å². The van der Waals surface area contributed by atoms with Gasteiger partial charge in [-0.3, -0.25) is 0 Å². The average molecular weight is 210 g/mol. The number of rotatable bonds is 3. The topological polar surface area (TPSA) is 46.5 Å². The van der Waals surface area contributed by atoms with Crippen molar-refractivity contribution < 1.29 is 14.6 Å². The number of carbonyl (C=O) groups is 1. The molecule has 2 bridgehead atoms. The number of ether oxygens (including phenoxy) is 1. The Labute approximate surface area is 90.1 Å². The average Bonchev–Trinajstić information content (AvgIpc) is 2.75. The number of aliphatic hydroxyl groups excluding tert-OH is 1. The third-order valence-corrected chi connectivity index (χ3v) is 3.78. The van der Waals surface area contributed by atoms with Gasteiger partial charge in [0.2, 0.25) is 0 Å². The molecule has 3 unspecified atom stereocenters. The molecule has 2 rings (SSSR count). The Morgan fingerprint density at radius 2 is 2.13 bits per heavy atom. The lowest BCUT2D eigenvalue weighted by Crippen LogP contribution is -2.28. The number of carbonyl (C=O) groups excluding carboxylic acids is 1. The Morgan fingerprint density at radius 3 is 2.60 bits per heavy atom. The molecule has 2 fully saturated rings. The zero-order chi connectivity index (χ0) is 11.0. The molecular formula is C12H18O3. The normalized spacial score (nSPS) is 38.0. The van der Waals surface area contributed by atoms with E-state index < -0.39 is 0 Å². The standard InChI is InChI=1S/C12H18O3/c1-7(2)12(14)15-11-5-8-3-9(11)4-10(8)6-13/h8-11,13H,1,3-6H2,2H3/t8-,9?,10?,11?/m1/s1. The van der Waals surface area contributed by atoms with Crippen LogP contribution in [0.4, 0.5) is 0 Å². The van der Waals surface area contributed by atoms with E-state index in [1.807, 2.05) is 0 Å². The van der Waals surface area contributed by atoms with Gasteiger partial charge >= 0.3 is 5.97 Å². The number of hydrogen-bond donors (Lipinski definition) is 1. The molecule has 0 spiro atoms. The van der Waals surface area contributed by atoms with Gasteiger partial charge in [-0.15, -0.1) is 0 Å².